The van der Waals surface area contributed by atoms with Crippen molar-refractivity contribution in [3.05, 3.63) is 29.3 Å². The summed E-state index contributed by atoms with van der Waals surface area (Å²) in [6, 6.07) is 5.32. The van der Waals surface area contributed by atoms with Gasteiger partial charge in [-0.3, -0.25) is 9.48 Å². The Bertz CT molecular complexity index is 763. The normalized spacial score (nSPS) is 20.5. The van der Waals surface area contributed by atoms with Crippen molar-refractivity contribution < 1.29 is 13.2 Å². The van der Waals surface area contributed by atoms with Gasteiger partial charge in [0.25, 0.3) is 5.91 Å². The number of amides is 1. The monoisotopic (exact) mass is 325 g/mol. The van der Waals surface area contributed by atoms with Gasteiger partial charge in [0.1, 0.15) is 0 Å². The molecule has 0 saturated carbocycles. The van der Waals surface area contributed by atoms with Crippen LogP contribution in [0.1, 0.15) is 16.9 Å². The lowest BCUT2D eigenvalue weighted by atomic mass is 10.2. The van der Waals surface area contributed by atoms with E-state index in [1.54, 1.807) is 29.1 Å². The number of rotatable bonds is 3. The van der Waals surface area contributed by atoms with Gasteiger partial charge in [-0.05, 0) is 23.9 Å². The minimum absolute atomic E-state index is 0.0172. The van der Waals surface area contributed by atoms with Crippen LogP contribution in [0.2, 0.25) is 0 Å². The standard InChI is InChI=1S/C13H15N3O3S2/c1-16-11(12-3-2-5-20-12)7-10(15-16)13(17)14-9-4-6-21(18,19)8-9/h2-3,5,7,9H,4,6,8H2,1H3,(H,14,17). The smallest absolute Gasteiger partial charge is 0.272 e. The predicted octanol–water partition coefficient (Wildman–Crippen LogP) is 1.07. The molecule has 3 rings (SSSR count). The Morgan fingerprint density at radius 1 is 1.52 bits per heavy atom. The largest absolute Gasteiger partial charge is 0.347 e. The van der Waals surface area contributed by atoms with Crippen LogP contribution in [-0.4, -0.2) is 41.7 Å². The highest BCUT2D eigenvalue weighted by molar-refractivity contribution is 7.91. The SMILES string of the molecule is Cn1nc(C(=O)NC2CCS(=O)(=O)C2)cc1-c1cccs1. The molecule has 1 atom stereocenters. The van der Waals surface area contributed by atoms with E-state index in [0.29, 0.717) is 12.1 Å². The Kier molecular flexibility index (Phi) is 3.58. The molecule has 0 radical (unpaired) electrons. The van der Waals surface area contributed by atoms with Crippen molar-refractivity contribution in [2.45, 2.75) is 12.5 Å². The van der Waals surface area contributed by atoms with Crippen molar-refractivity contribution in [1.29, 1.82) is 0 Å². The Balaban J connectivity index is 1.76. The van der Waals surface area contributed by atoms with E-state index in [9.17, 15) is 13.2 Å². The summed E-state index contributed by atoms with van der Waals surface area (Å²) in [6.07, 6.45) is 0.471. The molecular formula is C13H15N3O3S2. The number of carbonyl (C=O) groups excluding carboxylic acids is 1. The van der Waals surface area contributed by atoms with Crippen LogP contribution in [0.5, 0.6) is 0 Å². The molecule has 1 aliphatic rings. The lowest BCUT2D eigenvalue weighted by Crippen LogP contribution is -2.35. The Morgan fingerprint density at radius 2 is 2.33 bits per heavy atom. The molecule has 2 aromatic rings. The first-order valence-electron chi connectivity index (χ1n) is 6.54. The van der Waals surface area contributed by atoms with E-state index in [1.165, 1.54) is 0 Å². The van der Waals surface area contributed by atoms with Crippen molar-refractivity contribution in [2.75, 3.05) is 11.5 Å². The van der Waals surface area contributed by atoms with Crippen LogP contribution in [-0.2, 0) is 16.9 Å². The quantitative estimate of drug-likeness (QED) is 0.915. The maximum atomic E-state index is 12.2. The van der Waals surface area contributed by atoms with E-state index in [-0.39, 0.29) is 23.5 Å². The second-order valence-corrected chi connectivity index (χ2v) is 8.27. The highest BCUT2D eigenvalue weighted by atomic mass is 32.2. The van der Waals surface area contributed by atoms with Crippen molar-refractivity contribution in [3.8, 4) is 10.6 Å². The second kappa shape index (κ2) is 5.27. The van der Waals surface area contributed by atoms with Gasteiger partial charge >= 0.3 is 0 Å². The molecule has 1 saturated heterocycles. The van der Waals surface area contributed by atoms with Crippen LogP contribution in [0, 0.1) is 0 Å². The van der Waals surface area contributed by atoms with E-state index in [1.807, 2.05) is 17.5 Å². The van der Waals surface area contributed by atoms with Gasteiger partial charge < -0.3 is 5.32 Å². The third-order valence-electron chi connectivity index (χ3n) is 3.45. The fourth-order valence-electron chi connectivity index (χ4n) is 2.40. The van der Waals surface area contributed by atoms with Crippen LogP contribution >= 0.6 is 11.3 Å². The van der Waals surface area contributed by atoms with Gasteiger partial charge in [-0.1, -0.05) is 6.07 Å². The van der Waals surface area contributed by atoms with Crippen LogP contribution in [0.4, 0.5) is 0 Å². The molecule has 112 valence electrons. The van der Waals surface area contributed by atoms with Gasteiger partial charge in [-0.15, -0.1) is 11.3 Å². The summed E-state index contributed by atoms with van der Waals surface area (Å²) in [5.74, 6) is -0.167. The first-order chi connectivity index (χ1) is 9.94. The van der Waals surface area contributed by atoms with E-state index >= 15 is 0 Å². The van der Waals surface area contributed by atoms with Gasteiger partial charge in [-0.25, -0.2) is 8.42 Å². The molecule has 8 heteroatoms. The number of nitrogens with zero attached hydrogens (tertiary/aromatic N) is 2. The summed E-state index contributed by atoms with van der Waals surface area (Å²) in [4.78, 5) is 13.2. The van der Waals surface area contributed by atoms with Gasteiger partial charge in [0.15, 0.2) is 15.5 Å². The predicted molar refractivity (Wildman–Crippen MR) is 81.0 cm³/mol. The molecule has 1 amide bonds. The maximum Gasteiger partial charge on any atom is 0.272 e. The number of aryl methyl sites for hydroxylation is 1. The number of aromatic nitrogens is 2. The molecule has 0 bridgehead atoms. The number of carbonyl (C=O) groups is 1. The van der Waals surface area contributed by atoms with Crippen molar-refractivity contribution >= 4 is 27.1 Å². The highest BCUT2D eigenvalue weighted by Gasteiger charge is 2.29. The minimum Gasteiger partial charge on any atom is -0.347 e. The summed E-state index contributed by atoms with van der Waals surface area (Å²) in [6.45, 7) is 0. The minimum atomic E-state index is -3.00. The average Bonchev–Trinajstić information content (AvgIpc) is 3.09. The summed E-state index contributed by atoms with van der Waals surface area (Å²) in [5, 5.41) is 8.92. The number of nitrogens with one attached hydrogen (secondary N) is 1. The Labute approximate surface area is 126 Å². The molecule has 1 fully saturated rings. The zero-order valence-corrected chi connectivity index (χ0v) is 13.1. The molecule has 0 aromatic carbocycles. The van der Waals surface area contributed by atoms with Gasteiger partial charge in [0, 0.05) is 13.1 Å². The highest BCUT2D eigenvalue weighted by Crippen LogP contribution is 2.24. The molecule has 6 nitrogen and oxygen atoms in total. The number of sulfone groups is 1. The fraction of sp³-hybridized carbons (Fsp3) is 0.385. The van der Waals surface area contributed by atoms with Crippen LogP contribution in [0.15, 0.2) is 23.6 Å². The number of hydrogen-bond donors (Lipinski definition) is 1. The molecule has 1 unspecified atom stereocenters. The summed E-state index contributed by atoms with van der Waals surface area (Å²) < 4.78 is 24.5. The molecule has 3 heterocycles. The molecule has 2 aromatic heterocycles. The van der Waals surface area contributed by atoms with Crippen LogP contribution in [0.25, 0.3) is 10.6 Å². The molecule has 0 aliphatic carbocycles. The fourth-order valence-corrected chi connectivity index (χ4v) is 4.85. The Morgan fingerprint density at radius 3 is 2.95 bits per heavy atom. The van der Waals surface area contributed by atoms with Gasteiger partial charge in [0.2, 0.25) is 0 Å². The second-order valence-electron chi connectivity index (χ2n) is 5.09. The van der Waals surface area contributed by atoms with Crippen molar-refractivity contribution in [2.24, 2.45) is 7.05 Å². The number of thiophene rings is 1. The molecule has 0 spiro atoms. The summed E-state index contributed by atoms with van der Waals surface area (Å²) in [7, 11) is -1.22. The van der Waals surface area contributed by atoms with Crippen LogP contribution < -0.4 is 5.32 Å². The third-order valence-corrected chi connectivity index (χ3v) is 6.11. The third kappa shape index (κ3) is 3.01. The van der Waals surface area contributed by atoms with Gasteiger partial charge in [0.05, 0.1) is 22.1 Å². The Hall–Kier alpha value is -1.67. The first kappa shape index (κ1) is 14.3. The van der Waals surface area contributed by atoms with Crippen molar-refractivity contribution in [1.82, 2.24) is 15.1 Å². The zero-order chi connectivity index (χ0) is 15.0. The van der Waals surface area contributed by atoms with Crippen molar-refractivity contribution in [3.63, 3.8) is 0 Å². The van der Waals surface area contributed by atoms with Crippen LogP contribution in [0.3, 0.4) is 0 Å². The van der Waals surface area contributed by atoms with E-state index < -0.39 is 9.84 Å². The molecule has 21 heavy (non-hydrogen) atoms. The van der Waals surface area contributed by atoms with Gasteiger partial charge in [-0.2, -0.15) is 5.10 Å². The number of hydrogen-bond acceptors (Lipinski definition) is 5. The molecule has 1 aliphatic heterocycles. The van der Waals surface area contributed by atoms with E-state index in [4.69, 9.17) is 0 Å². The lowest BCUT2D eigenvalue weighted by Gasteiger charge is -2.08. The first-order valence-corrected chi connectivity index (χ1v) is 9.24. The zero-order valence-electron chi connectivity index (χ0n) is 11.4. The average molecular weight is 325 g/mol. The topological polar surface area (TPSA) is 81.1 Å². The van der Waals surface area contributed by atoms with E-state index in [2.05, 4.69) is 10.4 Å². The summed E-state index contributed by atoms with van der Waals surface area (Å²) in [5.41, 5.74) is 1.18. The molecular weight excluding hydrogens is 310 g/mol. The summed E-state index contributed by atoms with van der Waals surface area (Å²) >= 11 is 1.58. The maximum absolute atomic E-state index is 12.2. The lowest BCUT2D eigenvalue weighted by molar-refractivity contribution is 0.0935. The molecule has 1 N–H and O–H groups in total. The van der Waals surface area contributed by atoms with E-state index in [0.717, 1.165) is 10.6 Å².